The van der Waals surface area contributed by atoms with Gasteiger partial charge in [-0.15, -0.1) is 0 Å². The fourth-order valence-corrected chi connectivity index (χ4v) is 2.27. The van der Waals surface area contributed by atoms with E-state index >= 15 is 0 Å². The number of rotatable bonds is 1. The lowest BCUT2D eigenvalue weighted by atomic mass is 9.97. The van der Waals surface area contributed by atoms with E-state index in [0.717, 1.165) is 5.56 Å². The summed E-state index contributed by atoms with van der Waals surface area (Å²) >= 11 is 0. The van der Waals surface area contributed by atoms with Gasteiger partial charge in [0.2, 0.25) is 0 Å². The molecule has 1 nitrogen and oxygen atoms in total. The van der Waals surface area contributed by atoms with Crippen LogP contribution in [0.5, 0.6) is 0 Å². The van der Waals surface area contributed by atoms with E-state index in [1.54, 1.807) is 6.92 Å². The Morgan fingerprint density at radius 2 is 1.50 bits per heavy atom. The van der Waals surface area contributed by atoms with Crippen LogP contribution in [0.25, 0.3) is 0 Å². The van der Waals surface area contributed by atoms with Crippen LogP contribution in [0.1, 0.15) is 22.8 Å². The standard InChI is InChI=1S/C15H12O/c1-9-3-5-12-13-6-4-11(10(2)16)8-15(13)14(12)7-9/h3-8H,1-2H3. The zero-order valence-electron chi connectivity index (χ0n) is 9.37. The van der Waals surface area contributed by atoms with Gasteiger partial charge < -0.3 is 0 Å². The van der Waals surface area contributed by atoms with Gasteiger partial charge in [-0.1, -0.05) is 35.9 Å². The predicted molar refractivity (Wildman–Crippen MR) is 63.0 cm³/mol. The Bertz CT molecular complexity index is 785. The second-order valence-corrected chi connectivity index (χ2v) is 4.37. The van der Waals surface area contributed by atoms with Gasteiger partial charge in [0.25, 0.3) is 0 Å². The van der Waals surface area contributed by atoms with Crippen molar-refractivity contribution in [1.29, 1.82) is 0 Å². The monoisotopic (exact) mass is 208 g/mol. The van der Waals surface area contributed by atoms with Crippen molar-refractivity contribution in [2.75, 3.05) is 0 Å². The Morgan fingerprint density at radius 3 is 2.19 bits per heavy atom. The Labute approximate surface area is 93.4 Å². The number of aryl methyl sites for hydroxylation is 1. The number of Topliss-reactive ketones (excluding diaryl/α,β-unsaturated/α-hetero) is 1. The topological polar surface area (TPSA) is 17.1 Å². The van der Waals surface area contributed by atoms with Crippen molar-refractivity contribution in [3.63, 3.8) is 0 Å². The molecule has 0 N–H and O–H groups in total. The Kier molecular flexibility index (Phi) is 1.78. The molecule has 0 saturated heterocycles. The van der Waals surface area contributed by atoms with Gasteiger partial charge in [0, 0.05) is 5.56 Å². The van der Waals surface area contributed by atoms with E-state index in [9.17, 15) is 4.79 Å². The molecule has 0 amide bonds. The Balaban J connectivity index is 2.44. The molecule has 0 spiro atoms. The van der Waals surface area contributed by atoms with Gasteiger partial charge in [0.05, 0.1) is 0 Å². The molecule has 0 aromatic heterocycles. The molecule has 2 aromatic carbocycles. The number of carbonyl (C=O) groups is 1. The molecule has 1 aliphatic carbocycles. The molecule has 16 heavy (non-hydrogen) atoms. The molecule has 0 unspecified atom stereocenters. The number of hydrogen-bond donors (Lipinski definition) is 0. The summed E-state index contributed by atoms with van der Waals surface area (Å²) in [4.78, 5) is 11.3. The van der Waals surface area contributed by atoms with E-state index in [-0.39, 0.29) is 5.78 Å². The molecule has 1 heteroatoms. The lowest BCUT2D eigenvalue weighted by Gasteiger charge is -2.06. The molecule has 2 aromatic rings. The normalized spacial score (nSPS) is 11.4. The summed E-state index contributed by atoms with van der Waals surface area (Å²) < 4.78 is 0. The van der Waals surface area contributed by atoms with Gasteiger partial charge in [0.1, 0.15) is 0 Å². The van der Waals surface area contributed by atoms with Crippen LogP contribution in [0.4, 0.5) is 0 Å². The third-order valence-corrected chi connectivity index (χ3v) is 3.18. The highest BCUT2D eigenvalue weighted by molar-refractivity contribution is 5.94. The van der Waals surface area contributed by atoms with E-state index in [4.69, 9.17) is 0 Å². The summed E-state index contributed by atoms with van der Waals surface area (Å²) in [5.74, 6) is 0.129. The Morgan fingerprint density at radius 1 is 0.875 bits per heavy atom. The highest BCUT2D eigenvalue weighted by Crippen LogP contribution is 2.16. The van der Waals surface area contributed by atoms with Gasteiger partial charge in [0.15, 0.2) is 5.78 Å². The first kappa shape index (κ1) is 9.34. The van der Waals surface area contributed by atoms with E-state index in [1.807, 2.05) is 18.2 Å². The molecular formula is C15H12O. The van der Waals surface area contributed by atoms with Crippen molar-refractivity contribution in [1.82, 2.24) is 0 Å². The smallest absolute Gasteiger partial charge is 0.159 e. The summed E-state index contributed by atoms with van der Waals surface area (Å²) in [6.07, 6.45) is 0. The number of fused-ring (bicyclic) bond motifs is 2. The SMILES string of the molecule is CC(=O)c1ccc2c(c1)=c1cc(C)ccc1=2. The maximum atomic E-state index is 11.3. The number of hydrogen-bond acceptors (Lipinski definition) is 1. The maximum Gasteiger partial charge on any atom is 0.159 e. The molecule has 0 heterocycles. The van der Waals surface area contributed by atoms with Crippen LogP contribution in [0.2, 0.25) is 0 Å². The molecule has 0 fully saturated rings. The quantitative estimate of drug-likeness (QED) is 0.562. The summed E-state index contributed by atoms with van der Waals surface area (Å²) in [6.45, 7) is 3.70. The molecule has 0 saturated carbocycles. The minimum absolute atomic E-state index is 0.129. The summed E-state index contributed by atoms with van der Waals surface area (Å²) in [5.41, 5.74) is 2.06. The summed E-state index contributed by atoms with van der Waals surface area (Å²) in [5, 5.41) is 5.06. The van der Waals surface area contributed by atoms with E-state index in [1.165, 1.54) is 26.4 Å². The molecule has 0 aliphatic heterocycles. The average molecular weight is 208 g/mol. The molecule has 3 rings (SSSR count). The molecule has 0 radical (unpaired) electrons. The van der Waals surface area contributed by atoms with Crippen LogP contribution in [0.15, 0.2) is 36.4 Å². The summed E-state index contributed by atoms with van der Waals surface area (Å²) in [7, 11) is 0. The second kappa shape index (κ2) is 3.05. The molecule has 1 aliphatic rings. The number of ketones is 1. The van der Waals surface area contributed by atoms with Crippen molar-refractivity contribution in [2.45, 2.75) is 13.8 Å². The second-order valence-electron chi connectivity index (χ2n) is 4.37. The largest absolute Gasteiger partial charge is 0.295 e. The fourth-order valence-electron chi connectivity index (χ4n) is 2.27. The van der Waals surface area contributed by atoms with Crippen molar-refractivity contribution >= 4 is 5.78 Å². The lowest BCUT2D eigenvalue weighted by Crippen LogP contribution is -1.97. The molecule has 0 atom stereocenters. The minimum Gasteiger partial charge on any atom is -0.295 e. The third kappa shape index (κ3) is 1.15. The molecule has 0 bridgehead atoms. The average Bonchev–Trinajstić information content (AvgIpc) is 2.26. The summed E-state index contributed by atoms with van der Waals surface area (Å²) in [6, 6.07) is 12.4. The van der Waals surface area contributed by atoms with Gasteiger partial charge in [-0.2, -0.15) is 0 Å². The van der Waals surface area contributed by atoms with Gasteiger partial charge in [-0.25, -0.2) is 0 Å². The van der Waals surface area contributed by atoms with Gasteiger partial charge in [-0.3, -0.25) is 4.79 Å². The molecular weight excluding hydrogens is 196 g/mol. The predicted octanol–water partition coefficient (Wildman–Crippen LogP) is 3.08. The van der Waals surface area contributed by atoms with Crippen molar-refractivity contribution in [2.24, 2.45) is 0 Å². The first-order valence-electron chi connectivity index (χ1n) is 5.43. The van der Waals surface area contributed by atoms with Crippen LogP contribution in [-0.4, -0.2) is 5.78 Å². The van der Waals surface area contributed by atoms with Crippen molar-refractivity contribution in [3.05, 3.63) is 68.4 Å². The van der Waals surface area contributed by atoms with Crippen molar-refractivity contribution < 1.29 is 4.79 Å². The zero-order chi connectivity index (χ0) is 11.3. The lowest BCUT2D eigenvalue weighted by molar-refractivity contribution is 0.101. The highest BCUT2D eigenvalue weighted by atomic mass is 16.1. The Hall–Kier alpha value is -1.89. The van der Waals surface area contributed by atoms with Crippen LogP contribution >= 0.6 is 0 Å². The van der Waals surface area contributed by atoms with Crippen LogP contribution in [0.3, 0.4) is 0 Å². The van der Waals surface area contributed by atoms with Crippen molar-refractivity contribution in [3.8, 4) is 0 Å². The molecule has 78 valence electrons. The van der Waals surface area contributed by atoms with Gasteiger partial charge in [-0.05, 0) is 40.8 Å². The van der Waals surface area contributed by atoms with Crippen LogP contribution in [-0.2, 0) is 0 Å². The first-order chi connectivity index (χ1) is 7.66. The zero-order valence-corrected chi connectivity index (χ0v) is 9.37. The highest BCUT2D eigenvalue weighted by Gasteiger charge is 2.05. The number of benzene rings is 2. The van der Waals surface area contributed by atoms with E-state index < -0.39 is 0 Å². The number of carbonyl (C=O) groups excluding carboxylic acids is 1. The first-order valence-corrected chi connectivity index (χ1v) is 5.43. The maximum absolute atomic E-state index is 11.3. The van der Waals surface area contributed by atoms with Crippen LogP contribution in [0, 0.1) is 27.8 Å². The minimum atomic E-state index is 0.129. The van der Waals surface area contributed by atoms with E-state index in [0.29, 0.717) is 0 Å². The van der Waals surface area contributed by atoms with Crippen LogP contribution < -0.4 is 0 Å². The fraction of sp³-hybridized carbons (Fsp3) is 0.133. The van der Waals surface area contributed by atoms with E-state index in [2.05, 4.69) is 25.1 Å². The third-order valence-electron chi connectivity index (χ3n) is 3.18. The van der Waals surface area contributed by atoms with Gasteiger partial charge >= 0.3 is 0 Å².